The average molecular weight is 262 g/mol. The van der Waals surface area contributed by atoms with Crippen LogP contribution in [-0.4, -0.2) is 19.5 Å². The van der Waals surface area contributed by atoms with Gasteiger partial charge in [-0.1, -0.05) is 0 Å². The number of nitrogens with zero attached hydrogens (tertiary/aromatic N) is 4. The highest BCUT2D eigenvalue weighted by Crippen LogP contribution is 2.04. The van der Waals surface area contributed by atoms with Crippen LogP contribution in [-0.2, 0) is 6.54 Å². The van der Waals surface area contributed by atoms with E-state index in [1.54, 1.807) is 0 Å². The summed E-state index contributed by atoms with van der Waals surface area (Å²) < 4.78 is 1.19. The van der Waals surface area contributed by atoms with Gasteiger partial charge >= 0.3 is 11.2 Å². The summed E-state index contributed by atoms with van der Waals surface area (Å²) in [6.45, 7) is 0.0956. The molecule has 0 radical (unpaired) electrons. The molecule has 0 saturated carbocycles. The Morgan fingerprint density at radius 3 is 2.79 bits per heavy atom. The molecular weight excluding hydrogens is 252 g/mol. The van der Waals surface area contributed by atoms with Crippen molar-refractivity contribution in [2.75, 3.05) is 5.43 Å². The molecule has 0 amide bonds. The van der Waals surface area contributed by atoms with Gasteiger partial charge in [0.1, 0.15) is 0 Å². The van der Waals surface area contributed by atoms with Crippen molar-refractivity contribution in [2.24, 2.45) is 5.84 Å². The van der Waals surface area contributed by atoms with Crippen molar-refractivity contribution in [3.05, 3.63) is 56.9 Å². The number of nitro groups is 1. The summed E-state index contributed by atoms with van der Waals surface area (Å²) in [5.74, 6) is 5.53. The standard InChI is InChI=1S/C10H10N6O3/c11-14-9-5-12-7(4-13-9)6-15-3-1-2-8(10(15)17)16(18)19/h1-5H,6,11H2,(H,13,14). The van der Waals surface area contributed by atoms with E-state index >= 15 is 0 Å². The van der Waals surface area contributed by atoms with Gasteiger partial charge in [0.05, 0.1) is 29.6 Å². The van der Waals surface area contributed by atoms with Crippen molar-refractivity contribution in [3.8, 4) is 0 Å². The van der Waals surface area contributed by atoms with Crippen LogP contribution in [0.15, 0.2) is 35.5 Å². The minimum absolute atomic E-state index is 0.0956. The highest BCUT2D eigenvalue weighted by Gasteiger charge is 2.13. The maximum atomic E-state index is 11.8. The van der Waals surface area contributed by atoms with Crippen LogP contribution in [0.5, 0.6) is 0 Å². The smallest absolute Gasteiger partial charge is 0.307 e. The average Bonchev–Trinajstić information content (AvgIpc) is 2.41. The number of nitrogens with two attached hydrogens (primary N) is 1. The summed E-state index contributed by atoms with van der Waals surface area (Å²) in [4.78, 5) is 29.7. The van der Waals surface area contributed by atoms with E-state index in [2.05, 4.69) is 15.4 Å². The quantitative estimate of drug-likeness (QED) is 0.446. The predicted octanol–water partition coefficient (Wildman–Crippen LogP) is -0.120. The van der Waals surface area contributed by atoms with Crippen molar-refractivity contribution in [2.45, 2.75) is 6.54 Å². The zero-order valence-electron chi connectivity index (χ0n) is 9.68. The van der Waals surface area contributed by atoms with Crippen LogP contribution in [0.2, 0.25) is 0 Å². The molecule has 0 fully saturated rings. The molecule has 2 rings (SSSR count). The van der Waals surface area contributed by atoms with Crippen molar-refractivity contribution in [1.82, 2.24) is 14.5 Å². The molecule has 2 aromatic heterocycles. The van der Waals surface area contributed by atoms with Gasteiger partial charge in [-0.15, -0.1) is 0 Å². The lowest BCUT2D eigenvalue weighted by Gasteiger charge is -2.05. The van der Waals surface area contributed by atoms with Crippen LogP contribution in [0.3, 0.4) is 0 Å². The monoisotopic (exact) mass is 262 g/mol. The Balaban J connectivity index is 2.30. The molecule has 0 aromatic carbocycles. The lowest BCUT2D eigenvalue weighted by Crippen LogP contribution is -2.22. The highest BCUT2D eigenvalue weighted by molar-refractivity contribution is 5.29. The SMILES string of the molecule is NNc1cnc(Cn2cccc([N+](=O)[O-])c2=O)cn1. The third-order valence-corrected chi connectivity index (χ3v) is 2.38. The number of pyridine rings is 1. The van der Waals surface area contributed by atoms with Gasteiger partial charge in [-0.3, -0.25) is 19.9 Å². The molecule has 98 valence electrons. The third kappa shape index (κ3) is 2.72. The van der Waals surface area contributed by atoms with E-state index in [1.807, 2.05) is 0 Å². The Morgan fingerprint density at radius 1 is 1.42 bits per heavy atom. The molecule has 0 saturated heterocycles. The van der Waals surface area contributed by atoms with Crippen LogP contribution in [0, 0.1) is 10.1 Å². The van der Waals surface area contributed by atoms with Gasteiger partial charge in [-0.2, -0.15) is 0 Å². The Morgan fingerprint density at radius 2 is 2.21 bits per heavy atom. The van der Waals surface area contributed by atoms with E-state index in [0.717, 1.165) is 6.07 Å². The summed E-state index contributed by atoms with van der Waals surface area (Å²) in [7, 11) is 0. The number of nitrogen functional groups attached to an aromatic ring is 1. The lowest BCUT2D eigenvalue weighted by atomic mass is 10.3. The Bertz CT molecular complexity index is 651. The largest absolute Gasteiger partial charge is 0.334 e. The van der Waals surface area contributed by atoms with E-state index in [0.29, 0.717) is 11.5 Å². The molecule has 0 bridgehead atoms. The molecule has 19 heavy (non-hydrogen) atoms. The first kappa shape index (κ1) is 12.6. The number of hydrazine groups is 1. The van der Waals surface area contributed by atoms with Crippen LogP contribution in [0.4, 0.5) is 11.5 Å². The number of nitrogens with one attached hydrogen (secondary N) is 1. The van der Waals surface area contributed by atoms with E-state index in [1.165, 1.54) is 29.2 Å². The molecule has 0 aliphatic heterocycles. The first-order chi connectivity index (χ1) is 9.11. The van der Waals surface area contributed by atoms with Gasteiger partial charge in [-0.05, 0) is 6.07 Å². The fourth-order valence-corrected chi connectivity index (χ4v) is 1.47. The zero-order valence-corrected chi connectivity index (χ0v) is 9.68. The molecule has 9 heteroatoms. The second kappa shape index (κ2) is 5.23. The second-order valence-corrected chi connectivity index (χ2v) is 3.62. The first-order valence-electron chi connectivity index (χ1n) is 5.23. The minimum atomic E-state index is -0.716. The van der Waals surface area contributed by atoms with E-state index in [9.17, 15) is 14.9 Å². The summed E-state index contributed by atoms with van der Waals surface area (Å²) in [6, 6.07) is 2.59. The van der Waals surface area contributed by atoms with Crippen LogP contribution in [0.1, 0.15) is 5.69 Å². The molecule has 0 spiro atoms. The Hall–Kier alpha value is -2.81. The molecule has 3 N–H and O–H groups in total. The highest BCUT2D eigenvalue weighted by atomic mass is 16.6. The van der Waals surface area contributed by atoms with Gasteiger partial charge in [0.15, 0.2) is 5.82 Å². The van der Waals surface area contributed by atoms with Gasteiger partial charge in [0, 0.05) is 12.3 Å². The molecule has 0 aliphatic rings. The maximum absolute atomic E-state index is 11.8. The lowest BCUT2D eigenvalue weighted by molar-refractivity contribution is -0.386. The van der Waals surface area contributed by atoms with E-state index in [4.69, 9.17) is 5.84 Å². The molecule has 0 atom stereocenters. The fourth-order valence-electron chi connectivity index (χ4n) is 1.47. The van der Waals surface area contributed by atoms with Crippen molar-refractivity contribution in [3.63, 3.8) is 0 Å². The molecular formula is C10H10N6O3. The number of hydrogen-bond acceptors (Lipinski definition) is 7. The minimum Gasteiger partial charge on any atom is -0.307 e. The van der Waals surface area contributed by atoms with Crippen molar-refractivity contribution in [1.29, 1.82) is 0 Å². The van der Waals surface area contributed by atoms with Crippen molar-refractivity contribution < 1.29 is 4.92 Å². The van der Waals surface area contributed by atoms with Crippen molar-refractivity contribution >= 4 is 11.5 Å². The molecule has 2 heterocycles. The fraction of sp³-hybridized carbons (Fsp3) is 0.100. The molecule has 0 unspecified atom stereocenters. The van der Waals surface area contributed by atoms with Gasteiger partial charge in [0.2, 0.25) is 0 Å². The number of hydrogen-bond donors (Lipinski definition) is 2. The summed E-state index contributed by atoms with van der Waals surface area (Å²) in [6.07, 6.45) is 4.28. The molecule has 9 nitrogen and oxygen atoms in total. The van der Waals surface area contributed by atoms with Crippen LogP contribution in [0.25, 0.3) is 0 Å². The number of anilines is 1. The number of rotatable bonds is 4. The van der Waals surface area contributed by atoms with Gasteiger partial charge in [0.25, 0.3) is 0 Å². The summed E-state index contributed by atoms with van der Waals surface area (Å²) >= 11 is 0. The zero-order chi connectivity index (χ0) is 13.8. The Kier molecular flexibility index (Phi) is 3.48. The topological polar surface area (TPSA) is 129 Å². The summed E-state index contributed by atoms with van der Waals surface area (Å²) in [5.41, 5.74) is 1.65. The molecule has 2 aromatic rings. The normalized spacial score (nSPS) is 10.2. The Labute approximate surface area is 106 Å². The third-order valence-electron chi connectivity index (χ3n) is 2.38. The first-order valence-corrected chi connectivity index (χ1v) is 5.23. The van der Waals surface area contributed by atoms with Gasteiger partial charge in [-0.25, -0.2) is 10.8 Å². The van der Waals surface area contributed by atoms with E-state index < -0.39 is 16.2 Å². The number of aromatic nitrogens is 3. The van der Waals surface area contributed by atoms with Gasteiger partial charge < -0.3 is 9.99 Å². The molecule has 0 aliphatic carbocycles. The summed E-state index contributed by atoms with van der Waals surface area (Å²) in [5, 5.41) is 10.7. The predicted molar refractivity (Wildman–Crippen MR) is 66.3 cm³/mol. The maximum Gasteiger partial charge on any atom is 0.334 e. The van der Waals surface area contributed by atoms with Crippen LogP contribution < -0.4 is 16.8 Å². The van der Waals surface area contributed by atoms with Crippen LogP contribution >= 0.6 is 0 Å². The second-order valence-electron chi connectivity index (χ2n) is 3.62. The van der Waals surface area contributed by atoms with E-state index in [-0.39, 0.29) is 6.54 Å².